The van der Waals surface area contributed by atoms with E-state index in [-0.39, 0.29) is 15.9 Å². The van der Waals surface area contributed by atoms with Gasteiger partial charge < -0.3 is 0 Å². The van der Waals surface area contributed by atoms with Crippen molar-refractivity contribution in [1.29, 1.82) is 0 Å². The second-order valence-corrected chi connectivity index (χ2v) is 20.7. The molecule has 5 aliphatic rings. The van der Waals surface area contributed by atoms with Gasteiger partial charge in [-0.25, -0.2) is 4.52 Å². The van der Waals surface area contributed by atoms with E-state index in [1.165, 1.54) is 122 Å². The summed E-state index contributed by atoms with van der Waals surface area (Å²) in [5, 5.41) is 0. The van der Waals surface area contributed by atoms with E-state index in [1.54, 1.807) is 25.7 Å². The molecule has 4 saturated carbocycles. The Balaban J connectivity index is 0.000000967. The summed E-state index contributed by atoms with van der Waals surface area (Å²) in [5.41, 5.74) is 4.13. The average molecular weight is 673 g/mol. The van der Waals surface area contributed by atoms with Gasteiger partial charge in [-0.2, -0.15) is 4.67 Å². The van der Waals surface area contributed by atoms with Gasteiger partial charge in [0.25, 0.3) is 0 Å². The Morgan fingerprint density at radius 1 is 0.556 bits per heavy atom. The topological polar surface area (TPSA) is 12.5 Å². The van der Waals surface area contributed by atoms with Gasteiger partial charge in [-0.1, -0.05) is 25.7 Å². The van der Waals surface area contributed by atoms with Crippen LogP contribution in [0.25, 0.3) is 0 Å². The van der Waals surface area contributed by atoms with Crippen LogP contribution in [0.1, 0.15) is 141 Å². The Morgan fingerprint density at radius 2 is 0.944 bits per heavy atom. The fraction of sp³-hybridized carbons (Fsp3) is 1.00. The zero-order chi connectivity index (χ0) is 25.0. The molecule has 5 rings (SSSR count). The molecular formula is C29H55Cl2NOP2Pd+2. The minimum atomic E-state index is -0.645. The molecule has 0 aromatic carbocycles. The molecule has 0 N–H and O–H groups in total. The Hall–Kier alpha value is 2.02. The molecule has 1 aliphatic heterocycles. The summed E-state index contributed by atoms with van der Waals surface area (Å²) in [5.74, 6) is 0. The average Bonchev–Trinajstić information content (AvgIpc) is 3.40. The normalized spacial score (nSPS) is 28.6. The molecule has 0 radical (unpaired) electrons. The van der Waals surface area contributed by atoms with Crippen LogP contribution < -0.4 is 0 Å². The predicted octanol–water partition coefficient (Wildman–Crippen LogP) is 10.4. The SMILES string of the molecule is C1CCC([PH+](OCC2CCCN2[PH+](C2CCCCC2)C2CCCCC2)C2CCCCC2)CC1.[Cl][Pd][Cl]. The van der Waals surface area contributed by atoms with Gasteiger partial charge in [-0.15, -0.1) is 0 Å². The van der Waals surface area contributed by atoms with Gasteiger partial charge in [0.15, 0.2) is 0 Å². The molecule has 5 fully saturated rings. The molecule has 36 heavy (non-hydrogen) atoms. The van der Waals surface area contributed by atoms with Gasteiger partial charge in [-0.05, 0) is 116 Å². The molecule has 1 unspecified atom stereocenters. The molecule has 214 valence electrons. The predicted molar refractivity (Wildman–Crippen MR) is 162 cm³/mol. The molecule has 7 heteroatoms. The third kappa shape index (κ3) is 9.27. The van der Waals surface area contributed by atoms with E-state index in [4.69, 9.17) is 23.6 Å². The molecule has 2 nitrogen and oxygen atoms in total. The number of rotatable bonds is 8. The molecule has 1 heterocycles. The van der Waals surface area contributed by atoms with Crippen molar-refractivity contribution in [1.82, 2.24) is 4.67 Å². The van der Waals surface area contributed by atoms with Crippen molar-refractivity contribution in [3.8, 4) is 0 Å². The summed E-state index contributed by atoms with van der Waals surface area (Å²) in [6.07, 6.45) is 33.2. The van der Waals surface area contributed by atoms with Crippen molar-refractivity contribution in [3.05, 3.63) is 0 Å². The van der Waals surface area contributed by atoms with Crippen LogP contribution in [0.2, 0.25) is 0 Å². The quantitative estimate of drug-likeness (QED) is 0.188. The first-order chi connectivity index (χ1) is 17.8. The second kappa shape index (κ2) is 17.8. The van der Waals surface area contributed by atoms with Crippen LogP contribution in [0.15, 0.2) is 0 Å². The monoisotopic (exact) mass is 671 g/mol. The molecular weight excluding hydrogens is 618 g/mol. The van der Waals surface area contributed by atoms with E-state index in [0.29, 0.717) is 0 Å². The van der Waals surface area contributed by atoms with Gasteiger partial charge in [-0.3, -0.25) is 0 Å². The Labute approximate surface area is 242 Å². The Kier molecular flexibility index (Phi) is 15.3. The van der Waals surface area contributed by atoms with Crippen LogP contribution in [-0.4, -0.2) is 46.5 Å². The van der Waals surface area contributed by atoms with Gasteiger partial charge in [0.05, 0.1) is 36.8 Å². The van der Waals surface area contributed by atoms with E-state index in [2.05, 4.69) is 4.67 Å². The zero-order valence-corrected chi connectivity index (χ0v) is 27.9. The van der Waals surface area contributed by atoms with Crippen molar-refractivity contribution in [2.75, 3.05) is 13.2 Å². The van der Waals surface area contributed by atoms with Crippen LogP contribution in [0.3, 0.4) is 0 Å². The molecule has 0 amide bonds. The van der Waals surface area contributed by atoms with Gasteiger partial charge >= 0.3 is 35.0 Å². The summed E-state index contributed by atoms with van der Waals surface area (Å²) in [6, 6.07) is 0.787. The number of halogens is 2. The summed E-state index contributed by atoms with van der Waals surface area (Å²) in [4.78, 5) is 0. The van der Waals surface area contributed by atoms with E-state index < -0.39 is 16.2 Å². The van der Waals surface area contributed by atoms with Crippen LogP contribution in [0, 0.1) is 0 Å². The van der Waals surface area contributed by atoms with Gasteiger partial charge in [0, 0.05) is 6.54 Å². The molecule has 0 aromatic rings. The zero-order valence-electron chi connectivity index (χ0n) is 22.8. The van der Waals surface area contributed by atoms with Crippen LogP contribution in [0.5, 0.6) is 0 Å². The Bertz CT molecular complexity index is 546. The van der Waals surface area contributed by atoms with Crippen molar-refractivity contribution >= 4 is 35.3 Å². The van der Waals surface area contributed by atoms with Crippen molar-refractivity contribution in [2.45, 2.75) is 170 Å². The molecule has 4 aliphatic carbocycles. The molecule has 1 atom stereocenters. The summed E-state index contributed by atoms with van der Waals surface area (Å²) < 4.78 is 10.4. The third-order valence-corrected chi connectivity index (χ3v) is 17.6. The maximum atomic E-state index is 7.24. The van der Waals surface area contributed by atoms with E-state index in [9.17, 15) is 0 Å². The minimum absolute atomic E-state index is 0.106. The molecule has 0 aromatic heterocycles. The second-order valence-electron chi connectivity index (χ2n) is 12.5. The van der Waals surface area contributed by atoms with Crippen molar-refractivity contribution < 1.29 is 20.5 Å². The first-order valence-corrected chi connectivity index (χ1v) is 22.9. The fourth-order valence-corrected chi connectivity index (χ4v) is 16.6. The van der Waals surface area contributed by atoms with E-state index in [0.717, 1.165) is 35.3 Å². The van der Waals surface area contributed by atoms with Crippen molar-refractivity contribution in [3.63, 3.8) is 0 Å². The van der Waals surface area contributed by atoms with E-state index >= 15 is 0 Å². The van der Waals surface area contributed by atoms with Gasteiger partial charge in [0.2, 0.25) is 0 Å². The maximum absolute atomic E-state index is 7.24. The summed E-state index contributed by atoms with van der Waals surface area (Å²) in [6.45, 7) is 2.54. The van der Waals surface area contributed by atoms with Crippen molar-refractivity contribution in [2.24, 2.45) is 0 Å². The van der Waals surface area contributed by atoms with E-state index in [1.807, 2.05) is 0 Å². The third-order valence-electron chi connectivity index (χ3n) is 10.2. The van der Waals surface area contributed by atoms with Crippen LogP contribution in [-0.2, 0) is 20.5 Å². The number of hydrogen-bond acceptors (Lipinski definition) is 2. The summed E-state index contributed by atoms with van der Waals surface area (Å²) in [7, 11) is 8.58. The van der Waals surface area contributed by atoms with Gasteiger partial charge in [0.1, 0.15) is 14.8 Å². The molecule has 0 bridgehead atoms. The summed E-state index contributed by atoms with van der Waals surface area (Å²) >= 11 is -0.106. The number of nitrogens with zero attached hydrogens (tertiary/aromatic N) is 1. The first kappa shape index (κ1) is 31.0. The molecule has 1 saturated heterocycles. The van der Waals surface area contributed by atoms with Crippen LogP contribution in [0.4, 0.5) is 0 Å². The first-order valence-electron chi connectivity index (χ1n) is 15.8. The Morgan fingerprint density at radius 3 is 1.36 bits per heavy atom. The standard InChI is InChI=1S/C29H53NOP2.2ClH.Pd/c1-5-15-26(16-6-1)32(27-17-7-2-8-18-27)30-23-13-14-25(30)24-31-33(28-19-9-3-10-20-28)29-21-11-4-12-22-29;;;/h25-29H,1-24H2;2*1H;/q;;;+2. The number of hydrogen-bond donors (Lipinski definition) is 0. The molecule has 0 spiro atoms. The fourth-order valence-electron chi connectivity index (χ4n) is 8.48. The van der Waals surface area contributed by atoms with Crippen LogP contribution >= 0.6 is 35.3 Å².